The molecule has 0 fully saturated rings. The summed E-state index contributed by atoms with van der Waals surface area (Å²) in [5.74, 6) is -0.0370. The van der Waals surface area contributed by atoms with Gasteiger partial charge in [0.15, 0.2) is 0 Å². The fourth-order valence-corrected chi connectivity index (χ4v) is 5.37. The van der Waals surface area contributed by atoms with Crippen LogP contribution < -0.4 is 14.8 Å². The number of rotatable bonds is 4. The molecule has 2 aromatic carbocycles. The molecule has 8 nitrogen and oxygen atoms in total. The first-order chi connectivity index (χ1) is 14.1. The fraction of sp³-hybridized carbons (Fsp3) is 0.333. The van der Waals surface area contributed by atoms with E-state index in [1.807, 2.05) is 13.8 Å². The van der Waals surface area contributed by atoms with Crippen molar-refractivity contribution in [2.24, 2.45) is 0 Å². The first-order valence-electron chi connectivity index (χ1n) is 9.45. The van der Waals surface area contributed by atoms with Gasteiger partial charge in [-0.1, -0.05) is 12.1 Å². The standard InChI is InChI=1S/C21H22N2O6S/c1-21(2)11-16(15-10-13(28-3)8-9-17(15)29-21)22-19(24)12-23-20(25)14-6-4-5-7-18(14)30(23,26)27/h4-10,16H,11-12H2,1-3H3,(H,22,24). The summed E-state index contributed by atoms with van der Waals surface area (Å²) in [6.07, 6.45) is 0.472. The third-order valence-corrected chi connectivity index (χ3v) is 7.00. The van der Waals surface area contributed by atoms with Crippen molar-refractivity contribution < 1.29 is 27.5 Å². The Kier molecular flexibility index (Phi) is 4.73. The zero-order chi connectivity index (χ0) is 21.7. The highest BCUT2D eigenvalue weighted by Crippen LogP contribution is 2.41. The molecule has 30 heavy (non-hydrogen) atoms. The average molecular weight is 430 g/mol. The summed E-state index contributed by atoms with van der Waals surface area (Å²) in [6, 6.07) is 10.8. The summed E-state index contributed by atoms with van der Waals surface area (Å²) in [4.78, 5) is 25.3. The second kappa shape index (κ2) is 7.02. The third-order valence-electron chi connectivity index (χ3n) is 5.21. The number of carbonyl (C=O) groups excluding carboxylic acids is 2. The van der Waals surface area contributed by atoms with E-state index in [0.717, 1.165) is 5.56 Å². The summed E-state index contributed by atoms with van der Waals surface area (Å²) >= 11 is 0. The van der Waals surface area contributed by atoms with Gasteiger partial charge in [0.2, 0.25) is 5.91 Å². The molecule has 0 aromatic heterocycles. The van der Waals surface area contributed by atoms with Crippen LogP contribution in [0.25, 0.3) is 0 Å². The van der Waals surface area contributed by atoms with Crippen molar-refractivity contribution in [2.75, 3.05) is 13.7 Å². The molecule has 0 saturated carbocycles. The Morgan fingerprint density at radius 2 is 2.00 bits per heavy atom. The van der Waals surface area contributed by atoms with E-state index in [4.69, 9.17) is 9.47 Å². The molecule has 4 rings (SSSR count). The zero-order valence-corrected chi connectivity index (χ0v) is 17.7. The second-order valence-electron chi connectivity index (χ2n) is 7.90. The van der Waals surface area contributed by atoms with Gasteiger partial charge in [-0.05, 0) is 44.2 Å². The largest absolute Gasteiger partial charge is 0.497 e. The predicted octanol–water partition coefficient (Wildman–Crippen LogP) is 2.26. The minimum atomic E-state index is -4.05. The molecule has 9 heteroatoms. The number of hydrogen-bond donors (Lipinski definition) is 1. The van der Waals surface area contributed by atoms with E-state index < -0.39 is 40.0 Å². The molecule has 2 amide bonds. The smallest absolute Gasteiger partial charge is 0.269 e. The molecular formula is C21H22N2O6S. The molecule has 0 aliphatic carbocycles. The molecule has 0 saturated heterocycles. The Morgan fingerprint density at radius 1 is 1.27 bits per heavy atom. The molecule has 2 heterocycles. The summed E-state index contributed by atoms with van der Waals surface area (Å²) in [7, 11) is -2.50. The van der Waals surface area contributed by atoms with Crippen molar-refractivity contribution in [3.8, 4) is 11.5 Å². The Bertz CT molecular complexity index is 1140. The molecule has 0 spiro atoms. The van der Waals surface area contributed by atoms with Crippen LogP contribution in [0, 0.1) is 0 Å². The van der Waals surface area contributed by atoms with Crippen LogP contribution in [0.2, 0.25) is 0 Å². The fourth-order valence-electron chi connectivity index (χ4n) is 3.85. The predicted molar refractivity (Wildman–Crippen MR) is 108 cm³/mol. The van der Waals surface area contributed by atoms with Crippen LogP contribution in [-0.2, 0) is 14.8 Å². The minimum Gasteiger partial charge on any atom is -0.497 e. The van der Waals surface area contributed by atoms with Gasteiger partial charge >= 0.3 is 0 Å². The van der Waals surface area contributed by atoms with E-state index in [2.05, 4.69) is 5.32 Å². The van der Waals surface area contributed by atoms with E-state index in [9.17, 15) is 18.0 Å². The van der Waals surface area contributed by atoms with E-state index in [1.54, 1.807) is 37.4 Å². The van der Waals surface area contributed by atoms with Crippen LogP contribution >= 0.6 is 0 Å². The minimum absolute atomic E-state index is 0.0765. The van der Waals surface area contributed by atoms with Gasteiger partial charge in [-0.2, -0.15) is 0 Å². The van der Waals surface area contributed by atoms with Crippen molar-refractivity contribution in [3.63, 3.8) is 0 Å². The number of carbonyl (C=O) groups is 2. The quantitative estimate of drug-likeness (QED) is 0.798. The molecule has 0 bridgehead atoms. The van der Waals surface area contributed by atoms with Crippen molar-refractivity contribution in [2.45, 2.75) is 36.8 Å². The van der Waals surface area contributed by atoms with Crippen molar-refractivity contribution in [1.82, 2.24) is 9.62 Å². The van der Waals surface area contributed by atoms with Gasteiger partial charge in [-0.25, -0.2) is 12.7 Å². The first kappa shape index (κ1) is 20.2. The summed E-state index contributed by atoms with van der Waals surface area (Å²) < 4.78 is 37.3. The van der Waals surface area contributed by atoms with Crippen LogP contribution in [0.3, 0.4) is 0 Å². The highest BCUT2D eigenvalue weighted by molar-refractivity contribution is 7.90. The number of amides is 2. The highest BCUT2D eigenvalue weighted by atomic mass is 32.2. The van der Waals surface area contributed by atoms with Gasteiger partial charge in [0.1, 0.15) is 28.5 Å². The Labute approximate surface area is 174 Å². The zero-order valence-electron chi connectivity index (χ0n) is 16.8. The second-order valence-corrected chi connectivity index (χ2v) is 9.73. The number of hydrogen-bond acceptors (Lipinski definition) is 6. The van der Waals surface area contributed by atoms with E-state index in [0.29, 0.717) is 22.2 Å². The average Bonchev–Trinajstić information content (AvgIpc) is 2.88. The molecular weight excluding hydrogens is 408 g/mol. The number of benzene rings is 2. The monoisotopic (exact) mass is 430 g/mol. The van der Waals surface area contributed by atoms with E-state index in [-0.39, 0.29) is 10.5 Å². The lowest BCUT2D eigenvalue weighted by atomic mass is 9.89. The topological polar surface area (TPSA) is 102 Å². The first-order valence-corrected chi connectivity index (χ1v) is 10.9. The molecule has 1 unspecified atom stereocenters. The number of nitrogens with one attached hydrogen (secondary N) is 1. The van der Waals surface area contributed by atoms with Gasteiger partial charge in [0, 0.05) is 12.0 Å². The normalized spacial score (nSPS) is 20.7. The van der Waals surface area contributed by atoms with Crippen LogP contribution in [0.5, 0.6) is 11.5 Å². The maximum Gasteiger partial charge on any atom is 0.269 e. The van der Waals surface area contributed by atoms with Gasteiger partial charge in [-0.3, -0.25) is 9.59 Å². The SMILES string of the molecule is COc1ccc2c(c1)C(NC(=O)CN1C(=O)c3ccccc3S1(=O)=O)CC(C)(C)O2. The maximum absolute atomic E-state index is 12.8. The molecule has 2 aromatic rings. The lowest BCUT2D eigenvalue weighted by molar-refractivity contribution is -0.122. The van der Waals surface area contributed by atoms with Crippen LogP contribution in [0.4, 0.5) is 0 Å². The highest BCUT2D eigenvalue weighted by Gasteiger charge is 2.42. The lowest BCUT2D eigenvalue weighted by Crippen LogP contribution is -2.45. The van der Waals surface area contributed by atoms with Crippen LogP contribution in [0.1, 0.15) is 42.2 Å². The van der Waals surface area contributed by atoms with E-state index >= 15 is 0 Å². The molecule has 0 radical (unpaired) electrons. The maximum atomic E-state index is 12.8. The molecule has 1 N–H and O–H groups in total. The van der Waals surface area contributed by atoms with Crippen molar-refractivity contribution >= 4 is 21.8 Å². The van der Waals surface area contributed by atoms with Crippen molar-refractivity contribution in [1.29, 1.82) is 0 Å². The Hall–Kier alpha value is -3.07. The van der Waals surface area contributed by atoms with E-state index in [1.165, 1.54) is 12.1 Å². The molecule has 2 aliphatic rings. The number of fused-ring (bicyclic) bond motifs is 2. The van der Waals surface area contributed by atoms with Gasteiger partial charge in [0.25, 0.3) is 15.9 Å². The number of sulfonamides is 1. The molecule has 158 valence electrons. The number of ether oxygens (including phenoxy) is 2. The molecule has 1 atom stereocenters. The lowest BCUT2D eigenvalue weighted by Gasteiger charge is -2.38. The summed E-state index contributed by atoms with van der Waals surface area (Å²) in [6.45, 7) is 3.22. The molecule has 2 aliphatic heterocycles. The number of nitrogens with zero attached hydrogens (tertiary/aromatic N) is 1. The van der Waals surface area contributed by atoms with Crippen molar-refractivity contribution in [3.05, 3.63) is 53.6 Å². The third kappa shape index (κ3) is 3.39. The van der Waals surface area contributed by atoms with Gasteiger partial charge < -0.3 is 14.8 Å². The van der Waals surface area contributed by atoms with Crippen LogP contribution in [-0.4, -0.2) is 43.8 Å². The summed E-state index contributed by atoms with van der Waals surface area (Å²) in [5.41, 5.74) is 0.277. The van der Waals surface area contributed by atoms with Gasteiger partial charge in [-0.15, -0.1) is 0 Å². The Balaban J connectivity index is 1.57. The number of methoxy groups -OCH3 is 1. The summed E-state index contributed by atoms with van der Waals surface area (Å²) in [5, 5.41) is 2.86. The van der Waals surface area contributed by atoms with Gasteiger partial charge in [0.05, 0.1) is 18.7 Å². The van der Waals surface area contributed by atoms with Crippen LogP contribution in [0.15, 0.2) is 47.4 Å². The Morgan fingerprint density at radius 3 is 2.70 bits per heavy atom.